The minimum Gasteiger partial charge on any atom is -0.455 e. The molecule has 0 bridgehead atoms. The zero-order chi connectivity index (χ0) is 30.8. The van der Waals surface area contributed by atoms with E-state index in [1.54, 1.807) is 41.7 Å². The van der Waals surface area contributed by atoms with Gasteiger partial charge in [0.1, 0.15) is 17.1 Å². The highest BCUT2D eigenvalue weighted by Gasteiger charge is 2.35. The van der Waals surface area contributed by atoms with Crippen LogP contribution in [0.3, 0.4) is 0 Å². The van der Waals surface area contributed by atoms with Crippen molar-refractivity contribution >= 4 is 16.9 Å². The van der Waals surface area contributed by atoms with Crippen molar-refractivity contribution in [3.63, 3.8) is 0 Å². The lowest BCUT2D eigenvalue weighted by Gasteiger charge is -2.36. The van der Waals surface area contributed by atoms with Gasteiger partial charge >= 0.3 is 6.18 Å². The molecule has 4 aromatic rings. The second-order valence-corrected chi connectivity index (χ2v) is 11.6. The fourth-order valence-electron chi connectivity index (χ4n) is 6.26. The van der Waals surface area contributed by atoms with Crippen LogP contribution in [0, 0.1) is 0 Å². The standard InChI is InChI=1S/C33H37F3N6O2/c1-3-25-18-29-24(17-26(19-39-29)44-30-8-10-38-32-27(30)7-9-37-32)21-42(25)31(43)16-22-5-6-23(28(15-22)33(34,35)36)20-41-13-11-40(4-2)12-14-41/h5-10,15,17,19,25H,3-4,11-14,16,18,20-21H2,1-2H3,(H,37,38). The van der Waals surface area contributed by atoms with Gasteiger partial charge in [-0.15, -0.1) is 0 Å². The van der Waals surface area contributed by atoms with Gasteiger partial charge in [-0.05, 0) is 53.9 Å². The van der Waals surface area contributed by atoms with E-state index in [0.717, 1.165) is 49.4 Å². The lowest BCUT2D eigenvalue weighted by Crippen LogP contribution is -2.45. The lowest BCUT2D eigenvalue weighted by atomic mass is 9.95. The van der Waals surface area contributed by atoms with Crippen LogP contribution >= 0.6 is 0 Å². The Kier molecular flexibility index (Phi) is 8.59. The summed E-state index contributed by atoms with van der Waals surface area (Å²) < 4.78 is 48.7. The van der Waals surface area contributed by atoms with Crippen LogP contribution in [0.4, 0.5) is 13.2 Å². The topological polar surface area (TPSA) is 77.6 Å². The van der Waals surface area contributed by atoms with E-state index in [0.29, 0.717) is 42.1 Å². The Balaban J connectivity index is 1.18. The number of benzene rings is 1. The van der Waals surface area contributed by atoms with E-state index in [4.69, 9.17) is 4.74 Å². The molecule has 0 aliphatic carbocycles. The van der Waals surface area contributed by atoms with Gasteiger partial charge in [-0.3, -0.25) is 14.7 Å². The Labute approximate surface area is 254 Å². The van der Waals surface area contributed by atoms with Crippen LogP contribution in [-0.4, -0.2) is 74.3 Å². The van der Waals surface area contributed by atoms with Crippen molar-refractivity contribution in [1.29, 1.82) is 0 Å². The van der Waals surface area contributed by atoms with Crippen molar-refractivity contribution in [2.45, 2.75) is 58.4 Å². The summed E-state index contributed by atoms with van der Waals surface area (Å²) in [7, 11) is 0. The van der Waals surface area contributed by atoms with Crippen molar-refractivity contribution in [3.8, 4) is 11.5 Å². The van der Waals surface area contributed by atoms with Gasteiger partial charge in [-0.25, -0.2) is 4.98 Å². The van der Waals surface area contributed by atoms with Gasteiger partial charge < -0.3 is 19.5 Å². The molecule has 11 heteroatoms. The van der Waals surface area contributed by atoms with Crippen molar-refractivity contribution in [1.82, 2.24) is 29.7 Å². The molecule has 1 saturated heterocycles. The van der Waals surface area contributed by atoms with Crippen molar-refractivity contribution in [2.24, 2.45) is 0 Å². The lowest BCUT2D eigenvalue weighted by molar-refractivity contribution is -0.139. The highest BCUT2D eigenvalue weighted by Crippen LogP contribution is 2.35. The maximum atomic E-state index is 14.2. The number of hydrogen-bond donors (Lipinski definition) is 1. The third-order valence-electron chi connectivity index (χ3n) is 8.83. The fraction of sp³-hybridized carbons (Fsp3) is 0.424. The molecular weight excluding hydrogens is 569 g/mol. The number of hydrogen-bond acceptors (Lipinski definition) is 6. The second kappa shape index (κ2) is 12.6. The number of aromatic amines is 1. The number of H-pyrrole nitrogens is 1. The van der Waals surface area contributed by atoms with Crippen LogP contribution in [0.25, 0.3) is 11.0 Å². The number of amides is 1. The number of piperazine rings is 1. The Hall–Kier alpha value is -3.96. The van der Waals surface area contributed by atoms with Gasteiger partial charge in [-0.1, -0.05) is 26.0 Å². The first-order valence-corrected chi connectivity index (χ1v) is 15.2. The molecule has 2 aliphatic rings. The minimum absolute atomic E-state index is 0.0860. The zero-order valence-corrected chi connectivity index (χ0v) is 25.0. The van der Waals surface area contributed by atoms with Crippen LogP contribution in [0.2, 0.25) is 0 Å². The molecule has 5 heterocycles. The summed E-state index contributed by atoms with van der Waals surface area (Å²) in [6, 6.07) is 9.87. The molecule has 44 heavy (non-hydrogen) atoms. The van der Waals surface area contributed by atoms with E-state index in [-0.39, 0.29) is 30.5 Å². The molecule has 8 nitrogen and oxygen atoms in total. The summed E-state index contributed by atoms with van der Waals surface area (Å²) in [6.45, 7) is 8.79. The van der Waals surface area contributed by atoms with E-state index in [9.17, 15) is 18.0 Å². The van der Waals surface area contributed by atoms with Crippen LogP contribution < -0.4 is 4.74 Å². The highest BCUT2D eigenvalue weighted by atomic mass is 19.4. The number of alkyl halides is 3. The largest absolute Gasteiger partial charge is 0.455 e. The number of fused-ring (bicyclic) bond motifs is 2. The number of halogens is 3. The molecule has 1 fully saturated rings. The molecule has 1 amide bonds. The van der Waals surface area contributed by atoms with E-state index < -0.39 is 11.7 Å². The SMILES string of the molecule is CCC1Cc2ncc(Oc3ccnc4[nH]ccc34)cc2CN1C(=O)Cc1ccc(CN2CCN(CC)CC2)c(C(F)(F)F)c1. The summed E-state index contributed by atoms with van der Waals surface area (Å²) >= 11 is 0. The summed E-state index contributed by atoms with van der Waals surface area (Å²) in [6.07, 6.45) is 1.83. The summed E-state index contributed by atoms with van der Waals surface area (Å²) in [4.78, 5) is 31.8. The number of ether oxygens (including phenoxy) is 1. The molecule has 1 unspecified atom stereocenters. The monoisotopic (exact) mass is 606 g/mol. The fourth-order valence-corrected chi connectivity index (χ4v) is 6.26. The van der Waals surface area contributed by atoms with Gasteiger partial charge in [0.05, 0.1) is 23.6 Å². The maximum Gasteiger partial charge on any atom is 0.416 e. The number of nitrogens with one attached hydrogen (secondary N) is 1. The molecule has 3 aromatic heterocycles. The number of aromatic nitrogens is 3. The summed E-state index contributed by atoms with van der Waals surface area (Å²) in [5.74, 6) is 0.982. The van der Waals surface area contributed by atoms with Crippen LogP contribution in [-0.2, 0) is 36.9 Å². The average Bonchev–Trinajstić information content (AvgIpc) is 3.51. The Morgan fingerprint density at radius 1 is 1.05 bits per heavy atom. The Morgan fingerprint density at radius 3 is 2.59 bits per heavy atom. The van der Waals surface area contributed by atoms with Crippen molar-refractivity contribution in [3.05, 3.63) is 82.9 Å². The van der Waals surface area contributed by atoms with E-state index in [1.165, 1.54) is 6.07 Å². The quantitative estimate of drug-likeness (QED) is 0.273. The van der Waals surface area contributed by atoms with E-state index in [1.807, 2.05) is 19.1 Å². The number of rotatable bonds is 8. The molecule has 1 aromatic carbocycles. The number of nitrogens with zero attached hydrogens (tertiary/aromatic N) is 5. The predicted molar refractivity (Wildman–Crippen MR) is 161 cm³/mol. The first-order chi connectivity index (χ1) is 21.2. The van der Waals surface area contributed by atoms with Crippen molar-refractivity contribution in [2.75, 3.05) is 32.7 Å². The van der Waals surface area contributed by atoms with Gasteiger partial charge in [0.15, 0.2) is 0 Å². The van der Waals surface area contributed by atoms with Crippen LogP contribution in [0.5, 0.6) is 11.5 Å². The number of pyridine rings is 2. The molecule has 1 N–H and O–H groups in total. The molecule has 1 atom stereocenters. The molecule has 0 spiro atoms. The molecular formula is C33H37F3N6O2. The van der Waals surface area contributed by atoms with Crippen LogP contribution in [0.1, 0.15) is 48.2 Å². The van der Waals surface area contributed by atoms with Crippen LogP contribution in [0.15, 0.2) is 55.0 Å². The summed E-state index contributed by atoms with van der Waals surface area (Å²) in [5.41, 5.74) is 2.45. The molecule has 0 saturated carbocycles. The number of carbonyl (C=O) groups excluding carboxylic acids is 1. The number of likely N-dealkylation sites (N-methyl/N-ethyl adjacent to an activating group) is 1. The first kappa shape index (κ1) is 30.1. The van der Waals surface area contributed by atoms with Gasteiger partial charge in [0.25, 0.3) is 0 Å². The molecule has 232 valence electrons. The number of carbonyl (C=O) groups is 1. The average molecular weight is 607 g/mol. The first-order valence-electron chi connectivity index (χ1n) is 15.2. The van der Waals surface area contributed by atoms with E-state index >= 15 is 0 Å². The minimum atomic E-state index is -4.50. The predicted octanol–water partition coefficient (Wildman–Crippen LogP) is 5.81. The summed E-state index contributed by atoms with van der Waals surface area (Å²) in [5, 5.41) is 0.844. The molecule has 6 rings (SSSR count). The van der Waals surface area contributed by atoms with Crippen molar-refractivity contribution < 1.29 is 22.7 Å². The molecule has 0 radical (unpaired) electrons. The highest BCUT2D eigenvalue weighted by molar-refractivity contribution is 5.82. The van der Waals surface area contributed by atoms with Gasteiger partial charge in [-0.2, -0.15) is 13.2 Å². The Morgan fingerprint density at radius 2 is 1.84 bits per heavy atom. The maximum absolute atomic E-state index is 14.2. The normalized spacial score (nSPS) is 18.0. The third-order valence-corrected chi connectivity index (χ3v) is 8.83. The zero-order valence-electron chi connectivity index (χ0n) is 25.0. The van der Waals surface area contributed by atoms with E-state index in [2.05, 4.69) is 31.7 Å². The third kappa shape index (κ3) is 6.44. The smallest absolute Gasteiger partial charge is 0.416 e. The second-order valence-electron chi connectivity index (χ2n) is 11.6. The Bertz CT molecular complexity index is 1630. The van der Waals surface area contributed by atoms with Gasteiger partial charge in [0.2, 0.25) is 5.91 Å². The molecule has 2 aliphatic heterocycles. The van der Waals surface area contributed by atoms with Gasteiger partial charge in [0, 0.05) is 69.8 Å².